The highest BCUT2D eigenvalue weighted by atomic mass is 32.1. The third-order valence-electron chi connectivity index (χ3n) is 3.96. The van der Waals surface area contributed by atoms with Crippen molar-refractivity contribution in [3.05, 3.63) is 82.9 Å². The molecule has 2 aromatic rings. The van der Waals surface area contributed by atoms with E-state index in [1.807, 2.05) is 18.2 Å². The van der Waals surface area contributed by atoms with E-state index in [4.69, 9.17) is 0 Å². The van der Waals surface area contributed by atoms with E-state index in [0.717, 1.165) is 0 Å². The number of anilines is 1. The monoisotopic (exact) mass is 377 g/mol. The number of hydrogen-bond donors (Lipinski definition) is 1. The fourth-order valence-corrected chi connectivity index (χ4v) is 3.30. The summed E-state index contributed by atoms with van der Waals surface area (Å²) in [7, 11) is 0. The van der Waals surface area contributed by atoms with E-state index in [1.165, 1.54) is 16.0 Å². The van der Waals surface area contributed by atoms with Crippen LogP contribution in [-0.4, -0.2) is 25.2 Å². The molecule has 0 aliphatic carbocycles. The van der Waals surface area contributed by atoms with Gasteiger partial charge in [0.05, 0.1) is 16.8 Å². The number of benzene rings is 1. The van der Waals surface area contributed by atoms with Crippen molar-refractivity contribution >= 4 is 22.4 Å². The minimum Gasteiger partial charge on any atom is -0.349 e. The lowest BCUT2D eigenvalue weighted by Crippen LogP contribution is -2.17. The third-order valence-corrected chi connectivity index (χ3v) is 4.65. The minimum atomic E-state index is -0.369. The second kappa shape index (κ2) is 7.00. The molecule has 1 amide bonds. The van der Waals surface area contributed by atoms with Gasteiger partial charge in [0.1, 0.15) is 5.69 Å². The molecule has 1 N–H and O–H groups in total. The number of hydrogen-bond acceptors (Lipinski definition) is 5. The number of para-hydroxylation sites is 1. The lowest BCUT2D eigenvalue weighted by molar-refractivity contribution is 0.102. The molecule has 0 saturated heterocycles. The Bertz CT molecular complexity index is 1130. The largest absolute Gasteiger partial charge is 0.349 e. The number of amides is 1. The van der Waals surface area contributed by atoms with Crippen molar-refractivity contribution in [2.24, 2.45) is 0 Å². The predicted molar refractivity (Wildman–Crippen MR) is 105 cm³/mol. The summed E-state index contributed by atoms with van der Waals surface area (Å²) in [4.78, 5) is 29.8. The van der Waals surface area contributed by atoms with Crippen LogP contribution in [0.5, 0.6) is 0 Å². The van der Waals surface area contributed by atoms with E-state index < -0.39 is 0 Å². The van der Waals surface area contributed by atoms with Crippen molar-refractivity contribution in [2.75, 3.05) is 5.32 Å². The highest BCUT2D eigenvalue weighted by Gasteiger charge is 2.24. The Morgan fingerprint density at radius 2 is 2.07 bits per heavy atom. The maximum absolute atomic E-state index is 12.9. The van der Waals surface area contributed by atoms with Crippen LogP contribution in [0.4, 0.5) is 5.13 Å². The topological polar surface area (TPSA) is 81.8 Å². The maximum Gasteiger partial charge on any atom is 0.282 e. The maximum atomic E-state index is 12.9. The van der Waals surface area contributed by atoms with Gasteiger partial charge in [0, 0.05) is 30.5 Å². The van der Waals surface area contributed by atoms with E-state index in [9.17, 15) is 9.59 Å². The summed E-state index contributed by atoms with van der Waals surface area (Å²) in [6, 6.07) is 9.10. The standard InChI is InChI=1S/C19H15N5O2S/c1-2-9-23-11-14(17(25)21-19-20-8-10-27-19)16-15(12-23)18(26)24(22-16)13-6-4-3-5-7-13/h2-8,10-12H,1,9H2,(H,20,21,25). The highest BCUT2D eigenvalue weighted by Crippen LogP contribution is 2.23. The number of carbonyl (C=O) groups excluding carboxylic acids is 1. The molecular formula is C19H15N5O2S. The Balaban J connectivity index is 1.87. The number of fused-ring (bicyclic) bond motifs is 1. The number of rotatable bonds is 5. The molecule has 0 radical (unpaired) electrons. The van der Waals surface area contributed by atoms with Crippen molar-refractivity contribution in [2.45, 2.75) is 6.54 Å². The first-order valence-corrected chi connectivity index (χ1v) is 9.05. The average molecular weight is 377 g/mol. The molecule has 3 heterocycles. The van der Waals surface area contributed by atoms with Crippen molar-refractivity contribution in [1.29, 1.82) is 0 Å². The summed E-state index contributed by atoms with van der Waals surface area (Å²) >= 11 is 1.32. The van der Waals surface area contributed by atoms with Gasteiger partial charge in [-0.1, -0.05) is 24.3 Å². The summed E-state index contributed by atoms with van der Waals surface area (Å²) in [5, 5.41) is 9.42. The minimum absolute atomic E-state index is 0.280. The Hall–Kier alpha value is -3.52. The lowest BCUT2D eigenvalue weighted by atomic mass is 10.1. The van der Waals surface area contributed by atoms with Gasteiger partial charge in [-0.25, -0.2) is 4.98 Å². The van der Waals surface area contributed by atoms with Crippen molar-refractivity contribution in [3.8, 4) is 16.9 Å². The van der Waals surface area contributed by atoms with Gasteiger partial charge in [-0.2, -0.15) is 9.78 Å². The quantitative estimate of drug-likeness (QED) is 0.542. The molecule has 0 atom stereocenters. The van der Waals surface area contributed by atoms with Gasteiger partial charge in [0.25, 0.3) is 11.5 Å². The Labute approximate surface area is 158 Å². The summed E-state index contributed by atoms with van der Waals surface area (Å²) < 4.78 is 3.05. The lowest BCUT2D eigenvalue weighted by Gasteiger charge is -2.10. The van der Waals surface area contributed by atoms with Crippen molar-refractivity contribution in [3.63, 3.8) is 0 Å². The Morgan fingerprint density at radius 1 is 1.26 bits per heavy atom. The molecule has 2 aliphatic heterocycles. The Morgan fingerprint density at radius 3 is 2.78 bits per heavy atom. The van der Waals surface area contributed by atoms with Crippen molar-refractivity contribution in [1.82, 2.24) is 19.3 Å². The molecule has 134 valence electrons. The summed E-state index contributed by atoms with van der Waals surface area (Å²) in [5.74, 6) is -0.369. The van der Waals surface area contributed by atoms with Crippen LogP contribution in [0.2, 0.25) is 0 Å². The van der Waals surface area contributed by atoms with E-state index in [2.05, 4.69) is 22.0 Å². The molecule has 0 saturated carbocycles. The smallest absolute Gasteiger partial charge is 0.282 e. The number of nitrogens with one attached hydrogen (secondary N) is 1. The zero-order valence-electron chi connectivity index (χ0n) is 14.2. The van der Waals surface area contributed by atoms with Gasteiger partial charge in [-0.05, 0) is 12.1 Å². The van der Waals surface area contributed by atoms with E-state index in [1.54, 1.807) is 46.7 Å². The number of allylic oxidation sites excluding steroid dienone is 1. The highest BCUT2D eigenvalue weighted by molar-refractivity contribution is 7.13. The molecule has 1 aromatic carbocycles. The van der Waals surface area contributed by atoms with Crippen LogP contribution in [0.25, 0.3) is 16.9 Å². The van der Waals surface area contributed by atoms with Crippen molar-refractivity contribution < 1.29 is 4.79 Å². The van der Waals surface area contributed by atoms with Gasteiger partial charge in [-0.15, -0.1) is 17.9 Å². The third kappa shape index (κ3) is 3.18. The summed E-state index contributed by atoms with van der Waals surface area (Å²) in [6.07, 6.45) is 6.65. The first-order chi connectivity index (χ1) is 13.2. The number of aromatic nitrogens is 4. The molecule has 8 heteroatoms. The molecule has 0 bridgehead atoms. The molecular weight excluding hydrogens is 362 g/mol. The second-order valence-electron chi connectivity index (χ2n) is 5.76. The zero-order chi connectivity index (χ0) is 18.8. The number of carbonyl (C=O) groups is 1. The molecule has 0 spiro atoms. The van der Waals surface area contributed by atoms with Crippen LogP contribution >= 0.6 is 11.3 Å². The second-order valence-corrected chi connectivity index (χ2v) is 6.66. The van der Waals surface area contributed by atoms with E-state index in [0.29, 0.717) is 34.2 Å². The number of pyridine rings is 1. The van der Waals surface area contributed by atoms with Crippen LogP contribution in [0, 0.1) is 0 Å². The van der Waals surface area contributed by atoms with Crippen LogP contribution in [-0.2, 0) is 6.54 Å². The Kier molecular flexibility index (Phi) is 4.39. The zero-order valence-corrected chi connectivity index (χ0v) is 15.0. The fourth-order valence-electron chi connectivity index (χ4n) is 2.77. The molecule has 4 rings (SSSR count). The van der Waals surface area contributed by atoms with Gasteiger partial charge in [0.2, 0.25) is 0 Å². The number of thiazole rings is 1. The van der Waals surface area contributed by atoms with Gasteiger partial charge < -0.3 is 4.57 Å². The SMILES string of the molecule is C=CCn1cc(C(=O)Nc2nccs2)c2nn(-c3ccccc3)c(=O)c-2c1. The molecule has 27 heavy (non-hydrogen) atoms. The first-order valence-electron chi connectivity index (χ1n) is 8.17. The van der Waals surface area contributed by atoms with Crippen LogP contribution in [0.15, 0.2) is 71.8 Å². The summed E-state index contributed by atoms with van der Waals surface area (Å²) in [6.45, 7) is 4.18. The van der Waals surface area contributed by atoms with E-state index >= 15 is 0 Å². The fraction of sp³-hybridized carbons (Fsp3) is 0.0526. The summed E-state index contributed by atoms with van der Waals surface area (Å²) in [5.41, 5.74) is 1.38. The van der Waals surface area contributed by atoms with E-state index in [-0.39, 0.29) is 11.5 Å². The van der Waals surface area contributed by atoms with Gasteiger partial charge in [0.15, 0.2) is 5.13 Å². The predicted octanol–water partition coefficient (Wildman–Crippen LogP) is 3.03. The normalized spacial score (nSPS) is 10.8. The average Bonchev–Trinajstić information content (AvgIpc) is 3.30. The van der Waals surface area contributed by atoms with Crippen LogP contribution < -0.4 is 10.9 Å². The molecule has 0 fully saturated rings. The van der Waals surface area contributed by atoms with Crippen LogP contribution in [0.1, 0.15) is 10.4 Å². The van der Waals surface area contributed by atoms with Crippen LogP contribution in [0.3, 0.4) is 0 Å². The van der Waals surface area contributed by atoms with Gasteiger partial charge >= 0.3 is 0 Å². The van der Waals surface area contributed by atoms with Gasteiger partial charge in [-0.3, -0.25) is 14.9 Å². The number of nitrogens with zero attached hydrogens (tertiary/aromatic N) is 4. The molecule has 1 aromatic heterocycles. The first kappa shape index (κ1) is 16.9. The molecule has 2 aliphatic rings. The molecule has 7 nitrogen and oxygen atoms in total. The molecule has 0 unspecified atom stereocenters.